The van der Waals surface area contributed by atoms with Gasteiger partial charge >= 0.3 is 0 Å². The Hall–Kier alpha value is -4.44. The largest absolute Gasteiger partial charge is 0.294 e. The smallest absolute Gasteiger partial charge is 0.149 e. The maximum Gasteiger partial charge on any atom is 0.149 e. The second-order valence-corrected chi connectivity index (χ2v) is 7.96. The molecule has 0 atom stereocenters. The number of hydrogen-bond donors (Lipinski definition) is 0. The molecule has 0 radical (unpaired) electrons. The lowest BCUT2D eigenvalue weighted by atomic mass is 10.1. The highest BCUT2D eigenvalue weighted by molar-refractivity contribution is 6.15. The van der Waals surface area contributed by atoms with E-state index < -0.39 is 0 Å². The molecule has 0 bridgehead atoms. The first-order valence-corrected chi connectivity index (χ1v) is 10.7. The molecule has 0 N–H and O–H groups in total. The van der Waals surface area contributed by atoms with Gasteiger partial charge in [-0.2, -0.15) is 0 Å². The first kappa shape index (κ1) is 17.3. The summed E-state index contributed by atoms with van der Waals surface area (Å²) < 4.78 is 4.47. The molecule has 7 rings (SSSR count). The second kappa shape index (κ2) is 6.53. The average Bonchev–Trinajstić information content (AvgIpc) is 3.36. The first-order chi connectivity index (χ1) is 15.9. The Labute approximate surface area is 184 Å². The highest BCUT2D eigenvalue weighted by atomic mass is 15.1. The number of hydrogen-bond acceptors (Lipinski definition) is 2. The Morgan fingerprint density at radius 1 is 0.500 bits per heavy atom. The Kier molecular flexibility index (Phi) is 3.52. The van der Waals surface area contributed by atoms with Crippen molar-refractivity contribution in [3.8, 4) is 11.4 Å². The molecule has 0 aliphatic heterocycles. The van der Waals surface area contributed by atoms with E-state index in [1.165, 1.54) is 5.39 Å². The number of rotatable bonds is 2. The molecule has 0 unspecified atom stereocenters. The van der Waals surface area contributed by atoms with Gasteiger partial charge in [0.2, 0.25) is 0 Å². The van der Waals surface area contributed by atoms with Crippen LogP contribution in [0.1, 0.15) is 0 Å². The lowest BCUT2D eigenvalue weighted by molar-refractivity contribution is 1.11. The first-order valence-electron chi connectivity index (χ1n) is 10.7. The maximum atomic E-state index is 5.29. The van der Waals surface area contributed by atoms with E-state index in [9.17, 15) is 0 Å². The van der Waals surface area contributed by atoms with Gasteiger partial charge in [0.15, 0.2) is 0 Å². The van der Waals surface area contributed by atoms with Crippen molar-refractivity contribution < 1.29 is 0 Å². The fourth-order valence-corrected chi connectivity index (χ4v) is 4.79. The fraction of sp³-hybridized carbons (Fsp3) is 0. The molecule has 4 aromatic heterocycles. The lowest BCUT2D eigenvalue weighted by Gasteiger charge is -2.08. The highest BCUT2D eigenvalue weighted by Crippen LogP contribution is 2.36. The van der Waals surface area contributed by atoms with Gasteiger partial charge in [-0.15, -0.1) is 0 Å². The van der Waals surface area contributed by atoms with E-state index in [0.717, 1.165) is 50.0 Å². The van der Waals surface area contributed by atoms with E-state index >= 15 is 0 Å². The number of pyridine rings is 2. The van der Waals surface area contributed by atoms with Crippen LogP contribution in [0.5, 0.6) is 0 Å². The minimum absolute atomic E-state index is 0.914. The molecule has 32 heavy (non-hydrogen) atoms. The summed E-state index contributed by atoms with van der Waals surface area (Å²) in [6, 6.07) is 35.7. The molecule has 4 nitrogen and oxygen atoms in total. The number of fused-ring (bicyclic) bond motifs is 6. The van der Waals surface area contributed by atoms with Crippen LogP contribution >= 0.6 is 0 Å². The summed E-state index contributed by atoms with van der Waals surface area (Å²) in [5, 5.41) is 3.39. The van der Waals surface area contributed by atoms with E-state index in [-0.39, 0.29) is 0 Å². The van der Waals surface area contributed by atoms with Crippen LogP contribution in [-0.2, 0) is 0 Å². The molecular formula is C28H18N4. The predicted molar refractivity (Wildman–Crippen MR) is 131 cm³/mol. The van der Waals surface area contributed by atoms with Gasteiger partial charge < -0.3 is 0 Å². The SMILES string of the molecule is c1ccc(-n2c3ccccc3c3cc4c5ncccc5n(-c5ccccc5)c4nc32)cc1. The van der Waals surface area contributed by atoms with Crippen molar-refractivity contribution >= 4 is 44.0 Å². The molecule has 3 aromatic carbocycles. The van der Waals surface area contributed by atoms with E-state index in [1.807, 2.05) is 24.4 Å². The van der Waals surface area contributed by atoms with Crippen molar-refractivity contribution in [3.05, 3.63) is 109 Å². The third-order valence-electron chi connectivity index (χ3n) is 6.15. The topological polar surface area (TPSA) is 35.6 Å². The van der Waals surface area contributed by atoms with Gasteiger partial charge in [0.05, 0.1) is 16.6 Å². The van der Waals surface area contributed by atoms with Crippen LogP contribution < -0.4 is 0 Å². The molecule has 0 aliphatic rings. The van der Waals surface area contributed by atoms with Crippen LogP contribution in [0, 0.1) is 0 Å². The average molecular weight is 410 g/mol. The molecule has 4 heteroatoms. The molecule has 150 valence electrons. The van der Waals surface area contributed by atoms with E-state index in [0.29, 0.717) is 0 Å². The van der Waals surface area contributed by atoms with Crippen LogP contribution in [0.3, 0.4) is 0 Å². The van der Waals surface area contributed by atoms with Gasteiger partial charge in [0, 0.05) is 33.7 Å². The van der Waals surface area contributed by atoms with E-state index in [4.69, 9.17) is 9.97 Å². The molecule has 0 saturated heterocycles. The normalized spacial score (nSPS) is 11.8. The molecule has 0 aliphatic carbocycles. The van der Waals surface area contributed by atoms with Crippen LogP contribution in [-0.4, -0.2) is 19.1 Å². The van der Waals surface area contributed by atoms with Gasteiger partial charge in [-0.05, 0) is 48.5 Å². The fourth-order valence-electron chi connectivity index (χ4n) is 4.79. The third kappa shape index (κ3) is 2.32. The molecule has 4 heterocycles. The van der Waals surface area contributed by atoms with E-state index in [1.54, 1.807) is 0 Å². The predicted octanol–water partition coefficient (Wildman–Crippen LogP) is 6.67. The number of para-hydroxylation sites is 3. The summed E-state index contributed by atoms with van der Waals surface area (Å²) in [4.78, 5) is 10.0. The van der Waals surface area contributed by atoms with Crippen LogP contribution in [0.2, 0.25) is 0 Å². The van der Waals surface area contributed by atoms with Crippen molar-refractivity contribution in [2.24, 2.45) is 0 Å². The monoisotopic (exact) mass is 410 g/mol. The second-order valence-electron chi connectivity index (χ2n) is 7.96. The number of aromatic nitrogens is 4. The van der Waals surface area contributed by atoms with Gasteiger partial charge in [-0.25, -0.2) is 4.98 Å². The van der Waals surface area contributed by atoms with Crippen molar-refractivity contribution in [3.63, 3.8) is 0 Å². The van der Waals surface area contributed by atoms with Crippen LogP contribution in [0.25, 0.3) is 55.4 Å². The van der Waals surface area contributed by atoms with Gasteiger partial charge in [0.25, 0.3) is 0 Å². The summed E-state index contributed by atoms with van der Waals surface area (Å²) in [6.07, 6.45) is 1.86. The number of nitrogens with zero attached hydrogens (tertiary/aromatic N) is 4. The van der Waals surface area contributed by atoms with Crippen molar-refractivity contribution in [2.75, 3.05) is 0 Å². The minimum atomic E-state index is 0.914. The van der Waals surface area contributed by atoms with Crippen molar-refractivity contribution in [1.29, 1.82) is 0 Å². The van der Waals surface area contributed by atoms with Crippen molar-refractivity contribution in [2.45, 2.75) is 0 Å². The molecule has 7 aromatic rings. The molecule has 0 saturated carbocycles. The highest BCUT2D eigenvalue weighted by Gasteiger charge is 2.19. The zero-order valence-corrected chi connectivity index (χ0v) is 17.2. The summed E-state index contributed by atoms with van der Waals surface area (Å²) in [7, 11) is 0. The summed E-state index contributed by atoms with van der Waals surface area (Å²) >= 11 is 0. The molecular weight excluding hydrogens is 392 g/mol. The lowest BCUT2D eigenvalue weighted by Crippen LogP contribution is -1.98. The Morgan fingerprint density at radius 2 is 1.09 bits per heavy atom. The Bertz CT molecular complexity index is 1630. The van der Waals surface area contributed by atoms with Gasteiger partial charge in [-0.3, -0.25) is 14.1 Å². The zero-order valence-electron chi connectivity index (χ0n) is 17.2. The number of benzene rings is 3. The Balaban J connectivity index is 1.71. The summed E-state index contributed by atoms with van der Waals surface area (Å²) in [5.74, 6) is 0. The van der Waals surface area contributed by atoms with E-state index in [2.05, 4.69) is 94.1 Å². The van der Waals surface area contributed by atoms with Crippen molar-refractivity contribution in [1.82, 2.24) is 19.1 Å². The minimum Gasteiger partial charge on any atom is -0.294 e. The van der Waals surface area contributed by atoms with Crippen LogP contribution in [0.15, 0.2) is 109 Å². The van der Waals surface area contributed by atoms with Gasteiger partial charge in [0.1, 0.15) is 11.3 Å². The summed E-state index contributed by atoms with van der Waals surface area (Å²) in [6.45, 7) is 0. The molecule has 0 spiro atoms. The maximum absolute atomic E-state index is 5.29. The summed E-state index contributed by atoms with van der Waals surface area (Å²) in [5.41, 5.74) is 7.22. The quantitative estimate of drug-likeness (QED) is 0.319. The third-order valence-corrected chi connectivity index (χ3v) is 6.15. The molecule has 0 fully saturated rings. The van der Waals surface area contributed by atoms with Crippen LogP contribution in [0.4, 0.5) is 0 Å². The standard InChI is InChI=1S/C28H18N4/c1-3-10-19(11-4-1)31-24-15-8-7-14-21(24)22-18-23-26-25(16-9-17-29-26)32(28(23)30-27(22)31)20-12-5-2-6-13-20/h1-18H. The Morgan fingerprint density at radius 3 is 1.84 bits per heavy atom. The molecule has 0 amide bonds. The van der Waals surface area contributed by atoms with Gasteiger partial charge in [-0.1, -0.05) is 54.6 Å². The zero-order chi connectivity index (χ0) is 21.1.